The van der Waals surface area contributed by atoms with E-state index in [-0.39, 0.29) is 0 Å². The molecule has 1 heterocycles. The Bertz CT molecular complexity index is 350. The Morgan fingerprint density at radius 1 is 0.833 bits per heavy atom. The van der Waals surface area contributed by atoms with Crippen molar-refractivity contribution in [2.24, 2.45) is 25.9 Å². The SMILES string of the molecule is C1=C\N=N/N=N\N=C/1.CCCCCCCCCCCCCC(=O)O. The Kier molecular flexibility index (Phi) is 17.6. The highest BCUT2D eigenvalue weighted by molar-refractivity contribution is 5.70. The fraction of sp³-hybridized carbons (Fsp3) is 0.765. The molecule has 0 aromatic rings. The van der Waals surface area contributed by atoms with Crippen LogP contribution in [0.3, 0.4) is 0 Å². The van der Waals surface area contributed by atoms with E-state index in [4.69, 9.17) is 5.11 Å². The van der Waals surface area contributed by atoms with E-state index >= 15 is 0 Å². The van der Waals surface area contributed by atoms with Crippen molar-refractivity contribution in [2.45, 2.75) is 84.0 Å². The van der Waals surface area contributed by atoms with E-state index in [0.29, 0.717) is 6.42 Å². The molecule has 1 aliphatic rings. The summed E-state index contributed by atoms with van der Waals surface area (Å²) in [5, 5.41) is 24.9. The highest BCUT2D eigenvalue weighted by Gasteiger charge is 1.96. The monoisotopic (exact) mass is 337 g/mol. The maximum absolute atomic E-state index is 10.3. The zero-order valence-electron chi connectivity index (χ0n) is 14.8. The first-order valence-electron chi connectivity index (χ1n) is 8.97. The number of hydrogen-bond donors (Lipinski definition) is 1. The van der Waals surface area contributed by atoms with Crippen LogP contribution in [0.15, 0.2) is 38.2 Å². The zero-order chi connectivity index (χ0) is 17.7. The van der Waals surface area contributed by atoms with Crippen molar-refractivity contribution in [1.82, 2.24) is 0 Å². The number of carbonyl (C=O) groups is 1. The van der Waals surface area contributed by atoms with Gasteiger partial charge in [0.25, 0.3) is 0 Å². The number of aliphatic carboxylic acids is 1. The molecule has 1 aliphatic heterocycles. The van der Waals surface area contributed by atoms with E-state index in [2.05, 4.69) is 32.8 Å². The maximum atomic E-state index is 10.3. The van der Waals surface area contributed by atoms with Gasteiger partial charge in [-0.25, -0.2) is 0 Å². The second-order valence-corrected chi connectivity index (χ2v) is 5.67. The molecule has 0 bridgehead atoms. The Hall–Kier alpha value is -1.92. The van der Waals surface area contributed by atoms with Crippen LogP contribution in [-0.4, -0.2) is 17.3 Å². The molecule has 0 atom stereocenters. The first-order chi connectivity index (χ1) is 11.8. The molecule has 1 N–H and O–H groups in total. The zero-order valence-corrected chi connectivity index (χ0v) is 14.8. The second kappa shape index (κ2) is 19.1. The van der Waals surface area contributed by atoms with E-state index in [1.165, 1.54) is 70.2 Å². The summed E-state index contributed by atoms with van der Waals surface area (Å²) >= 11 is 0. The van der Waals surface area contributed by atoms with Gasteiger partial charge in [0.05, 0.1) is 12.4 Å². The standard InChI is InChI=1S/C14H28O2.C3H3N5/c1-2-3-4-5-6-7-8-9-10-11-12-13-14(15)16;1-2-4-6-8-7-5-3-1/h2-13H2,1H3,(H,15,16);1-3H/b;2-1-,3-1?,4-2?,5-3-,6-4-,7-5?,8-6?,8-7-. The molecule has 0 aromatic carbocycles. The smallest absolute Gasteiger partial charge is 0.303 e. The summed E-state index contributed by atoms with van der Waals surface area (Å²) in [6, 6.07) is 0. The van der Waals surface area contributed by atoms with Crippen LogP contribution in [0.1, 0.15) is 84.0 Å². The van der Waals surface area contributed by atoms with Crippen molar-refractivity contribution in [1.29, 1.82) is 0 Å². The predicted molar refractivity (Wildman–Crippen MR) is 96.1 cm³/mol. The Balaban J connectivity index is 0.000000546. The van der Waals surface area contributed by atoms with Crippen LogP contribution in [0.5, 0.6) is 0 Å². The van der Waals surface area contributed by atoms with Gasteiger partial charge in [0.2, 0.25) is 0 Å². The highest BCUT2D eigenvalue weighted by Crippen LogP contribution is 2.11. The van der Waals surface area contributed by atoms with Gasteiger partial charge in [-0.1, -0.05) is 71.1 Å². The fourth-order valence-corrected chi connectivity index (χ4v) is 2.18. The lowest BCUT2D eigenvalue weighted by Crippen LogP contribution is -1.93. The summed E-state index contributed by atoms with van der Waals surface area (Å²) in [6.07, 6.45) is 18.9. The van der Waals surface area contributed by atoms with Crippen LogP contribution in [0.2, 0.25) is 0 Å². The molecule has 0 saturated carbocycles. The van der Waals surface area contributed by atoms with E-state index in [1.54, 1.807) is 6.08 Å². The minimum Gasteiger partial charge on any atom is -0.481 e. The third-order valence-electron chi connectivity index (χ3n) is 3.48. The molecule has 0 aromatic heterocycles. The minimum atomic E-state index is -0.657. The normalized spacial score (nSPS) is 17.7. The Morgan fingerprint density at radius 3 is 2.00 bits per heavy atom. The summed E-state index contributed by atoms with van der Waals surface area (Å²) < 4.78 is 0. The molecule has 0 fully saturated rings. The molecular formula is C17H31N5O2. The Labute approximate surface area is 145 Å². The van der Waals surface area contributed by atoms with Crippen molar-refractivity contribution < 1.29 is 9.90 Å². The molecule has 0 aliphatic carbocycles. The molecule has 0 saturated heterocycles. The minimum absolute atomic E-state index is 0.344. The number of carboxylic acid groups (broad SMARTS) is 1. The van der Waals surface area contributed by atoms with E-state index in [0.717, 1.165) is 12.8 Å². The summed E-state index contributed by atoms with van der Waals surface area (Å²) in [6.45, 7) is 2.25. The van der Waals surface area contributed by atoms with Crippen molar-refractivity contribution in [2.75, 3.05) is 0 Å². The number of unbranched alkanes of at least 4 members (excludes halogenated alkanes) is 10. The van der Waals surface area contributed by atoms with E-state index in [9.17, 15) is 4.79 Å². The summed E-state index contributed by atoms with van der Waals surface area (Å²) in [7, 11) is 0. The van der Waals surface area contributed by atoms with Crippen LogP contribution in [0.25, 0.3) is 0 Å². The summed E-state index contributed by atoms with van der Waals surface area (Å²) in [5.41, 5.74) is 0. The number of allylic oxidation sites excluding steroid dienone is 1. The average Bonchev–Trinajstić information content (AvgIpc) is 2.52. The molecule has 0 spiro atoms. The largest absolute Gasteiger partial charge is 0.481 e. The molecule has 136 valence electrons. The lowest BCUT2D eigenvalue weighted by atomic mass is 10.1. The number of rotatable bonds is 12. The van der Waals surface area contributed by atoms with Gasteiger partial charge in [-0.15, -0.1) is 10.2 Å². The fourth-order valence-electron chi connectivity index (χ4n) is 2.18. The molecule has 24 heavy (non-hydrogen) atoms. The lowest BCUT2D eigenvalue weighted by Gasteiger charge is -2.01. The van der Waals surface area contributed by atoms with Gasteiger partial charge in [-0.05, 0) is 28.2 Å². The van der Waals surface area contributed by atoms with Crippen molar-refractivity contribution in [3.05, 3.63) is 12.3 Å². The molecule has 7 nitrogen and oxygen atoms in total. The Morgan fingerprint density at radius 2 is 1.42 bits per heavy atom. The van der Waals surface area contributed by atoms with Crippen molar-refractivity contribution in [3.63, 3.8) is 0 Å². The topological polar surface area (TPSA) is 99.1 Å². The van der Waals surface area contributed by atoms with Gasteiger partial charge in [-0.3, -0.25) is 4.79 Å². The number of hydrogen-bond acceptors (Lipinski definition) is 6. The van der Waals surface area contributed by atoms with Gasteiger partial charge < -0.3 is 5.11 Å². The molecule has 0 amide bonds. The summed E-state index contributed by atoms with van der Waals surface area (Å²) in [5.74, 6) is -0.657. The average molecular weight is 337 g/mol. The number of carboxylic acids is 1. The molecule has 0 radical (unpaired) electrons. The van der Waals surface area contributed by atoms with Gasteiger partial charge in [0.15, 0.2) is 0 Å². The van der Waals surface area contributed by atoms with Crippen LogP contribution < -0.4 is 0 Å². The lowest BCUT2D eigenvalue weighted by molar-refractivity contribution is -0.137. The van der Waals surface area contributed by atoms with Gasteiger partial charge in [-0.2, -0.15) is 0 Å². The molecular weight excluding hydrogens is 306 g/mol. The number of nitrogens with zero attached hydrogens (tertiary/aromatic N) is 5. The third-order valence-corrected chi connectivity index (χ3v) is 3.48. The van der Waals surface area contributed by atoms with Crippen LogP contribution in [0, 0.1) is 0 Å². The van der Waals surface area contributed by atoms with Crippen molar-refractivity contribution in [3.8, 4) is 0 Å². The molecule has 0 unspecified atom stereocenters. The van der Waals surface area contributed by atoms with Crippen molar-refractivity contribution >= 4 is 12.2 Å². The predicted octanol–water partition coefficient (Wildman–Crippen LogP) is 6.09. The quantitative estimate of drug-likeness (QED) is 0.436. The maximum Gasteiger partial charge on any atom is 0.303 e. The van der Waals surface area contributed by atoms with Gasteiger partial charge >= 0.3 is 5.97 Å². The first kappa shape index (κ1) is 22.1. The van der Waals surface area contributed by atoms with Crippen LogP contribution in [0.4, 0.5) is 0 Å². The second-order valence-electron chi connectivity index (χ2n) is 5.67. The summed E-state index contributed by atoms with van der Waals surface area (Å²) in [4.78, 5) is 10.3. The third kappa shape index (κ3) is 20.1. The van der Waals surface area contributed by atoms with E-state index < -0.39 is 5.97 Å². The van der Waals surface area contributed by atoms with Crippen LogP contribution in [-0.2, 0) is 4.79 Å². The van der Waals surface area contributed by atoms with E-state index in [1.807, 2.05) is 0 Å². The van der Waals surface area contributed by atoms with Gasteiger partial charge in [0.1, 0.15) is 0 Å². The highest BCUT2D eigenvalue weighted by atomic mass is 16.4. The first-order valence-corrected chi connectivity index (χ1v) is 8.97. The van der Waals surface area contributed by atoms with Gasteiger partial charge in [0, 0.05) is 6.42 Å². The molecule has 7 heteroatoms. The van der Waals surface area contributed by atoms with Crippen LogP contribution >= 0.6 is 0 Å². The molecule has 1 rings (SSSR count).